The highest BCUT2D eigenvalue weighted by molar-refractivity contribution is 9.10. The molecule has 0 amide bonds. The first-order valence-corrected chi connectivity index (χ1v) is 5.96. The van der Waals surface area contributed by atoms with Crippen LogP contribution in [0.1, 0.15) is 18.9 Å². The quantitative estimate of drug-likeness (QED) is 0.617. The van der Waals surface area contributed by atoms with Crippen LogP contribution in [-0.2, 0) is 6.54 Å². The Morgan fingerprint density at radius 3 is 2.75 bits per heavy atom. The van der Waals surface area contributed by atoms with Gasteiger partial charge in [0.15, 0.2) is 0 Å². The number of nitro benzene ring substituents is 1. The number of benzene rings is 1. The molecule has 4 nitrogen and oxygen atoms in total. The lowest BCUT2D eigenvalue weighted by Crippen LogP contribution is -2.19. The van der Waals surface area contributed by atoms with Gasteiger partial charge in [-0.15, -0.1) is 0 Å². The van der Waals surface area contributed by atoms with Crippen molar-refractivity contribution in [1.29, 1.82) is 0 Å². The van der Waals surface area contributed by atoms with Gasteiger partial charge in [-0.25, -0.2) is 0 Å². The van der Waals surface area contributed by atoms with E-state index >= 15 is 0 Å². The average Bonchev–Trinajstić information content (AvgIpc) is 2.21. The van der Waals surface area contributed by atoms with Crippen molar-refractivity contribution in [3.8, 4) is 0 Å². The number of nitro groups is 1. The lowest BCUT2D eigenvalue weighted by molar-refractivity contribution is -0.385. The molecule has 0 fully saturated rings. The Morgan fingerprint density at radius 1 is 1.50 bits per heavy atom. The van der Waals surface area contributed by atoms with Gasteiger partial charge in [0.1, 0.15) is 0 Å². The summed E-state index contributed by atoms with van der Waals surface area (Å²) in [4.78, 5) is 12.6. The molecule has 0 bridgehead atoms. The van der Waals surface area contributed by atoms with Gasteiger partial charge in [0.25, 0.3) is 5.69 Å². The highest BCUT2D eigenvalue weighted by atomic mass is 79.9. The van der Waals surface area contributed by atoms with Gasteiger partial charge in [0, 0.05) is 17.1 Å². The smallest absolute Gasteiger partial charge is 0.275 e. The Balaban J connectivity index is 2.97. The van der Waals surface area contributed by atoms with Crippen LogP contribution in [0.4, 0.5) is 5.69 Å². The zero-order valence-corrected chi connectivity index (χ0v) is 11.0. The number of nitrogens with zero attached hydrogens (tertiary/aromatic N) is 2. The van der Waals surface area contributed by atoms with E-state index in [-0.39, 0.29) is 10.6 Å². The van der Waals surface area contributed by atoms with E-state index in [2.05, 4.69) is 27.8 Å². The fourth-order valence-corrected chi connectivity index (χ4v) is 2.09. The molecule has 1 aromatic rings. The Morgan fingerprint density at radius 2 is 2.19 bits per heavy atom. The predicted molar refractivity (Wildman–Crippen MR) is 67.4 cm³/mol. The monoisotopic (exact) mass is 286 g/mol. The molecule has 0 radical (unpaired) electrons. The zero-order chi connectivity index (χ0) is 12.1. The molecule has 5 heteroatoms. The molecule has 1 rings (SSSR count). The maximum absolute atomic E-state index is 10.9. The third-order valence-corrected chi connectivity index (χ3v) is 3.07. The first-order chi connectivity index (χ1) is 7.56. The Labute approximate surface area is 104 Å². The minimum absolute atomic E-state index is 0.178. The summed E-state index contributed by atoms with van der Waals surface area (Å²) in [5.41, 5.74) is 0.917. The Hall–Kier alpha value is -0.940. The van der Waals surface area contributed by atoms with Crippen LogP contribution in [0.3, 0.4) is 0 Å². The molecule has 16 heavy (non-hydrogen) atoms. The third kappa shape index (κ3) is 3.28. The van der Waals surface area contributed by atoms with E-state index in [0.717, 1.165) is 23.0 Å². The molecule has 88 valence electrons. The molecule has 0 heterocycles. The number of rotatable bonds is 5. The van der Waals surface area contributed by atoms with E-state index in [1.165, 1.54) is 0 Å². The van der Waals surface area contributed by atoms with Crippen LogP contribution in [0.2, 0.25) is 0 Å². The third-order valence-electron chi connectivity index (χ3n) is 2.32. The summed E-state index contributed by atoms with van der Waals surface area (Å²) >= 11 is 3.36. The van der Waals surface area contributed by atoms with E-state index in [9.17, 15) is 10.1 Å². The van der Waals surface area contributed by atoms with Gasteiger partial charge in [-0.05, 0) is 26.1 Å². The summed E-state index contributed by atoms with van der Waals surface area (Å²) in [7, 11) is 1.96. The summed E-state index contributed by atoms with van der Waals surface area (Å²) in [6, 6.07) is 5.06. The van der Waals surface area contributed by atoms with Crippen molar-refractivity contribution in [2.75, 3.05) is 13.6 Å². The first kappa shape index (κ1) is 13.1. The molecule has 0 N–H and O–H groups in total. The molecule has 0 aliphatic carbocycles. The first-order valence-electron chi connectivity index (χ1n) is 5.16. The highest BCUT2D eigenvalue weighted by Gasteiger charge is 2.17. The summed E-state index contributed by atoms with van der Waals surface area (Å²) in [5, 5.41) is 10.9. The molecule has 0 saturated heterocycles. The maximum atomic E-state index is 10.9. The van der Waals surface area contributed by atoms with Crippen molar-refractivity contribution >= 4 is 21.6 Å². The van der Waals surface area contributed by atoms with Crippen molar-refractivity contribution in [2.45, 2.75) is 19.9 Å². The van der Waals surface area contributed by atoms with Gasteiger partial charge >= 0.3 is 0 Å². The van der Waals surface area contributed by atoms with Crippen molar-refractivity contribution < 1.29 is 4.92 Å². The van der Waals surface area contributed by atoms with Crippen molar-refractivity contribution in [3.05, 3.63) is 38.3 Å². The predicted octanol–water partition coefficient (Wildman–Crippen LogP) is 3.20. The molecule has 0 spiro atoms. The molecule has 0 saturated carbocycles. The molecule has 0 atom stereocenters. The maximum Gasteiger partial charge on any atom is 0.275 e. The van der Waals surface area contributed by atoms with Crippen LogP contribution in [0, 0.1) is 10.1 Å². The summed E-state index contributed by atoms with van der Waals surface area (Å²) in [6.45, 7) is 3.61. The number of hydrogen-bond acceptors (Lipinski definition) is 3. The molecular formula is C11H15BrN2O2. The molecule has 0 aliphatic rings. The van der Waals surface area contributed by atoms with Crippen molar-refractivity contribution in [2.24, 2.45) is 0 Å². The van der Waals surface area contributed by atoms with E-state index in [1.807, 2.05) is 13.1 Å². The standard InChI is InChI=1S/C11H15BrN2O2/c1-3-7-13(2)8-9-10(12)5-4-6-11(9)14(15)16/h4-6H,3,7-8H2,1-2H3. The van der Waals surface area contributed by atoms with Gasteiger partial charge in [0.2, 0.25) is 0 Å². The highest BCUT2D eigenvalue weighted by Crippen LogP contribution is 2.27. The van der Waals surface area contributed by atoms with Crippen LogP contribution in [0.25, 0.3) is 0 Å². The fraction of sp³-hybridized carbons (Fsp3) is 0.455. The minimum atomic E-state index is -0.333. The topological polar surface area (TPSA) is 46.4 Å². The van der Waals surface area contributed by atoms with Crippen LogP contribution in [0.5, 0.6) is 0 Å². The summed E-state index contributed by atoms with van der Waals surface area (Å²) in [6.07, 6.45) is 1.04. The van der Waals surface area contributed by atoms with Crippen LogP contribution in [-0.4, -0.2) is 23.4 Å². The fourth-order valence-electron chi connectivity index (χ4n) is 1.61. The summed E-state index contributed by atoms with van der Waals surface area (Å²) < 4.78 is 0.796. The lowest BCUT2D eigenvalue weighted by atomic mass is 10.1. The second kappa shape index (κ2) is 5.96. The normalized spacial score (nSPS) is 10.8. The van der Waals surface area contributed by atoms with E-state index in [0.29, 0.717) is 6.54 Å². The van der Waals surface area contributed by atoms with Gasteiger partial charge in [-0.3, -0.25) is 10.1 Å². The SMILES string of the molecule is CCCN(C)Cc1c(Br)cccc1[N+](=O)[O-]. The number of hydrogen-bond donors (Lipinski definition) is 0. The molecule has 1 aromatic carbocycles. The van der Waals surface area contributed by atoms with Crippen molar-refractivity contribution in [3.63, 3.8) is 0 Å². The van der Waals surface area contributed by atoms with Crippen molar-refractivity contribution in [1.82, 2.24) is 4.90 Å². The average molecular weight is 287 g/mol. The second-order valence-corrected chi connectivity index (χ2v) is 4.59. The Bertz CT molecular complexity index is 382. The van der Waals surface area contributed by atoms with Gasteiger partial charge in [-0.1, -0.05) is 28.9 Å². The van der Waals surface area contributed by atoms with Gasteiger partial charge in [-0.2, -0.15) is 0 Å². The van der Waals surface area contributed by atoms with E-state index in [1.54, 1.807) is 12.1 Å². The van der Waals surface area contributed by atoms with Crippen LogP contribution >= 0.6 is 15.9 Å². The van der Waals surface area contributed by atoms with Gasteiger partial charge in [0.05, 0.1) is 10.5 Å². The lowest BCUT2D eigenvalue weighted by Gasteiger charge is -2.16. The van der Waals surface area contributed by atoms with Gasteiger partial charge < -0.3 is 4.90 Å². The minimum Gasteiger partial charge on any atom is -0.302 e. The largest absolute Gasteiger partial charge is 0.302 e. The zero-order valence-electron chi connectivity index (χ0n) is 9.44. The number of halogens is 1. The Kier molecular flexibility index (Phi) is 4.89. The molecular weight excluding hydrogens is 272 g/mol. The van der Waals surface area contributed by atoms with Crippen LogP contribution in [0.15, 0.2) is 22.7 Å². The van der Waals surface area contributed by atoms with E-state index in [4.69, 9.17) is 0 Å². The molecule has 0 aromatic heterocycles. The second-order valence-electron chi connectivity index (χ2n) is 3.73. The summed E-state index contributed by atoms with van der Waals surface area (Å²) in [5.74, 6) is 0. The van der Waals surface area contributed by atoms with E-state index < -0.39 is 0 Å². The molecule has 0 unspecified atom stereocenters. The molecule has 0 aliphatic heterocycles. The van der Waals surface area contributed by atoms with Crippen LogP contribution < -0.4 is 0 Å².